The number of rotatable bonds is 5. The fourth-order valence-electron chi connectivity index (χ4n) is 2.89. The Morgan fingerprint density at radius 1 is 1.28 bits per heavy atom. The van der Waals surface area contributed by atoms with Gasteiger partial charge in [0, 0.05) is 24.7 Å². The SMILES string of the molecule is O=C(CC1CN(Cc2ccccc2)CCO1)Nc1ccc(Cl)cc1F. The van der Waals surface area contributed by atoms with E-state index in [9.17, 15) is 9.18 Å². The van der Waals surface area contributed by atoms with Gasteiger partial charge in [0.25, 0.3) is 0 Å². The summed E-state index contributed by atoms with van der Waals surface area (Å²) in [5.41, 5.74) is 1.36. The van der Waals surface area contributed by atoms with Crippen molar-refractivity contribution < 1.29 is 13.9 Å². The summed E-state index contributed by atoms with van der Waals surface area (Å²) in [7, 11) is 0. The molecule has 1 amide bonds. The number of carbonyl (C=O) groups is 1. The molecule has 4 nitrogen and oxygen atoms in total. The Morgan fingerprint density at radius 3 is 2.84 bits per heavy atom. The van der Waals surface area contributed by atoms with Crippen LogP contribution in [-0.4, -0.2) is 36.6 Å². The lowest BCUT2D eigenvalue weighted by Crippen LogP contribution is -2.43. The molecule has 1 aliphatic rings. The monoisotopic (exact) mass is 362 g/mol. The van der Waals surface area contributed by atoms with Gasteiger partial charge in [-0.2, -0.15) is 0 Å². The van der Waals surface area contributed by atoms with Gasteiger partial charge in [0.2, 0.25) is 5.91 Å². The van der Waals surface area contributed by atoms with E-state index in [1.54, 1.807) is 6.07 Å². The Morgan fingerprint density at radius 2 is 2.08 bits per heavy atom. The van der Waals surface area contributed by atoms with Crippen LogP contribution >= 0.6 is 11.6 Å². The van der Waals surface area contributed by atoms with E-state index in [-0.39, 0.29) is 24.1 Å². The average Bonchev–Trinajstić information content (AvgIpc) is 2.59. The number of nitrogens with one attached hydrogen (secondary N) is 1. The molecular formula is C19H20ClFN2O2. The first-order valence-corrected chi connectivity index (χ1v) is 8.61. The van der Waals surface area contributed by atoms with Crippen molar-refractivity contribution in [3.63, 3.8) is 0 Å². The Hall–Kier alpha value is -1.95. The van der Waals surface area contributed by atoms with Crippen LogP contribution in [0.25, 0.3) is 0 Å². The minimum atomic E-state index is -0.545. The van der Waals surface area contributed by atoms with E-state index in [0.29, 0.717) is 18.2 Å². The minimum Gasteiger partial charge on any atom is -0.375 e. The third-order valence-corrected chi connectivity index (χ3v) is 4.33. The summed E-state index contributed by atoms with van der Waals surface area (Å²) in [4.78, 5) is 14.4. The summed E-state index contributed by atoms with van der Waals surface area (Å²) in [6, 6.07) is 14.4. The number of hydrogen-bond acceptors (Lipinski definition) is 3. The highest BCUT2D eigenvalue weighted by atomic mass is 35.5. The van der Waals surface area contributed by atoms with Crippen LogP contribution in [0.4, 0.5) is 10.1 Å². The van der Waals surface area contributed by atoms with Gasteiger partial charge < -0.3 is 10.1 Å². The quantitative estimate of drug-likeness (QED) is 0.881. The summed E-state index contributed by atoms with van der Waals surface area (Å²) in [5, 5.41) is 2.87. The van der Waals surface area contributed by atoms with Gasteiger partial charge in [-0.1, -0.05) is 41.9 Å². The maximum atomic E-state index is 13.8. The van der Waals surface area contributed by atoms with Gasteiger partial charge in [0.15, 0.2) is 0 Å². The normalized spacial score (nSPS) is 18.1. The maximum Gasteiger partial charge on any atom is 0.227 e. The second kappa shape index (κ2) is 8.43. The predicted octanol–water partition coefficient (Wildman–Crippen LogP) is 3.71. The largest absolute Gasteiger partial charge is 0.375 e. The molecule has 0 spiro atoms. The van der Waals surface area contributed by atoms with Crippen molar-refractivity contribution in [3.8, 4) is 0 Å². The molecule has 1 fully saturated rings. The molecule has 1 saturated heterocycles. The number of nitrogens with zero attached hydrogens (tertiary/aromatic N) is 1. The zero-order chi connectivity index (χ0) is 17.6. The fourth-order valence-corrected chi connectivity index (χ4v) is 3.05. The number of hydrogen-bond donors (Lipinski definition) is 1. The van der Waals surface area contributed by atoms with Gasteiger partial charge in [-0.05, 0) is 23.8 Å². The van der Waals surface area contributed by atoms with Crippen molar-refractivity contribution in [3.05, 3.63) is 64.9 Å². The maximum absolute atomic E-state index is 13.8. The highest BCUT2D eigenvalue weighted by Crippen LogP contribution is 2.20. The highest BCUT2D eigenvalue weighted by Gasteiger charge is 2.23. The summed E-state index contributed by atoms with van der Waals surface area (Å²) in [5.74, 6) is -0.816. The molecule has 132 valence electrons. The van der Waals surface area contributed by atoms with E-state index in [0.717, 1.165) is 13.1 Å². The molecule has 1 atom stereocenters. The van der Waals surface area contributed by atoms with E-state index < -0.39 is 5.82 Å². The molecular weight excluding hydrogens is 343 g/mol. The average molecular weight is 363 g/mol. The molecule has 6 heteroatoms. The molecule has 1 aliphatic heterocycles. The minimum absolute atomic E-state index is 0.131. The summed E-state index contributed by atoms with van der Waals surface area (Å²) in [6.07, 6.45) is -0.0132. The van der Waals surface area contributed by atoms with Gasteiger partial charge in [-0.3, -0.25) is 9.69 Å². The molecule has 0 saturated carbocycles. The topological polar surface area (TPSA) is 41.6 Å². The smallest absolute Gasteiger partial charge is 0.227 e. The first kappa shape index (κ1) is 17.9. The molecule has 1 N–H and O–H groups in total. The number of anilines is 1. The number of amides is 1. The fraction of sp³-hybridized carbons (Fsp3) is 0.316. The van der Waals surface area contributed by atoms with Crippen LogP contribution < -0.4 is 5.32 Å². The van der Waals surface area contributed by atoms with Crippen LogP contribution in [0.1, 0.15) is 12.0 Å². The van der Waals surface area contributed by atoms with Crippen LogP contribution in [0.5, 0.6) is 0 Å². The van der Waals surface area contributed by atoms with Crippen molar-refractivity contribution in [1.82, 2.24) is 4.90 Å². The summed E-state index contributed by atoms with van der Waals surface area (Å²) in [6.45, 7) is 2.92. The van der Waals surface area contributed by atoms with Crippen molar-refractivity contribution in [1.29, 1.82) is 0 Å². The third kappa shape index (κ3) is 5.26. The van der Waals surface area contributed by atoms with E-state index in [4.69, 9.17) is 16.3 Å². The molecule has 1 unspecified atom stereocenters. The van der Waals surface area contributed by atoms with Crippen LogP contribution in [-0.2, 0) is 16.1 Å². The Balaban J connectivity index is 1.52. The molecule has 2 aromatic carbocycles. The molecule has 0 bridgehead atoms. The van der Waals surface area contributed by atoms with E-state index in [1.807, 2.05) is 18.2 Å². The van der Waals surface area contributed by atoms with E-state index in [2.05, 4.69) is 22.3 Å². The molecule has 1 heterocycles. The molecule has 3 rings (SSSR count). The van der Waals surface area contributed by atoms with Crippen LogP contribution in [0.3, 0.4) is 0 Å². The predicted molar refractivity (Wildman–Crippen MR) is 96.1 cm³/mol. The van der Waals surface area contributed by atoms with Gasteiger partial charge in [0.1, 0.15) is 5.82 Å². The number of halogens is 2. The van der Waals surface area contributed by atoms with Gasteiger partial charge >= 0.3 is 0 Å². The van der Waals surface area contributed by atoms with Crippen molar-refractivity contribution in [2.24, 2.45) is 0 Å². The van der Waals surface area contributed by atoms with Crippen LogP contribution in [0, 0.1) is 5.82 Å². The first-order valence-electron chi connectivity index (χ1n) is 8.23. The summed E-state index contributed by atoms with van der Waals surface area (Å²) < 4.78 is 19.4. The Labute approximate surface area is 151 Å². The number of carbonyl (C=O) groups excluding carboxylic acids is 1. The third-order valence-electron chi connectivity index (χ3n) is 4.09. The molecule has 2 aromatic rings. The zero-order valence-electron chi connectivity index (χ0n) is 13.8. The molecule has 0 aliphatic carbocycles. The molecule has 0 radical (unpaired) electrons. The highest BCUT2D eigenvalue weighted by molar-refractivity contribution is 6.30. The lowest BCUT2D eigenvalue weighted by atomic mass is 10.1. The second-order valence-corrected chi connectivity index (χ2v) is 6.53. The van der Waals surface area contributed by atoms with Crippen molar-refractivity contribution in [2.75, 3.05) is 25.0 Å². The number of morpholine rings is 1. The van der Waals surface area contributed by atoms with Gasteiger partial charge in [-0.25, -0.2) is 4.39 Å². The zero-order valence-corrected chi connectivity index (χ0v) is 14.5. The van der Waals surface area contributed by atoms with E-state index in [1.165, 1.54) is 17.7 Å². The number of ether oxygens (including phenoxy) is 1. The second-order valence-electron chi connectivity index (χ2n) is 6.09. The van der Waals surface area contributed by atoms with Gasteiger partial charge in [0.05, 0.1) is 24.8 Å². The molecule has 25 heavy (non-hydrogen) atoms. The van der Waals surface area contributed by atoms with Crippen LogP contribution in [0.15, 0.2) is 48.5 Å². The summed E-state index contributed by atoms with van der Waals surface area (Å²) >= 11 is 5.71. The number of benzene rings is 2. The lowest BCUT2D eigenvalue weighted by Gasteiger charge is -2.32. The van der Waals surface area contributed by atoms with Gasteiger partial charge in [-0.15, -0.1) is 0 Å². The Kier molecular flexibility index (Phi) is 6.02. The Bertz CT molecular complexity index is 727. The molecule has 0 aromatic heterocycles. The standard InChI is InChI=1S/C19H20ClFN2O2/c20-15-6-7-18(17(21)10-15)22-19(24)11-16-13-23(8-9-25-16)12-14-4-2-1-3-5-14/h1-7,10,16H,8-9,11-13H2,(H,22,24). The van der Waals surface area contributed by atoms with Crippen molar-refractivity contribution in [2.45, 2.75) is 19.1 Å². The first-order chi connectivity index (χ1) is 12.1. The van der Waals surface area contributed by atoms with Crippen molar-refractivity contribution >= 4 is 23.2 Å². The van der Waals surface area contributed by atoms with E-state index >= 15 is 0 Å². The van der Waals surface area contributed by atoms with Crippen LogP contribution in [0.2, 0.25) is 5.02 Å². The lowest BCUT2D eigenvalue weighted by molar-refractivity contribution is -0.121.